The van der Waals surface area contributed by atoms with Crippen molar-refractivity contribution >= 4 is 5.91 Å². The summed E-state index contributed by atoms with van der Waals surface area (Å²) in [5.74, 6) is 1.19. The zero-order chi connectivity index (χ0) is 11.1. The number of likely N-dealkylation sites (N-methyl/N-ethyl adjacent to an activating group) is 1. The van der Waals surface area contributed by atoms with Crippen molar-refractivity contribution < 1.29 is 4.79 Å². The Balaban J connectivity index is 1.81. The molecule has 2 heterocycles. The van der Waals surface area contributed by atoms with E-state index >= 15 is 0 Å². The van der Waals surface area contributed by atoms with Crippen molar-refractivity contribution in [2.24, 2.45) is 5.92 Å². The van der Waals surface area contributed by atoms with Gasteiger partial charge in [-0.1, -0.05) is 19.3 Å². The molecule has 3 aliphatic rings. The SMILES string of the molecule is CN1CC(=O)N2[C@@H](C[C@@H]3CCCCC[C@H]32)C1. The van der Waals surface area contributed by atoms with E-state index in [1.54, 1.807) is 0 Å². The van der Waals surface area contributed by atoms with Gasteiger partial charge in [-0.25, -0.2) is 0 Å². The Hall–Kier alpha value is -0.570. The summed E-state index contributed by atoms with van der Waals surface area (Å²) < 4.78 is 0. The zero-order valence-corrected chi connectivity index (χ0v) is 10.2. The molecule has 3 rings (SSSR count). The molecule has 0 aromatic rings. The number of hydrogen-bond acceptors (Lipinski definition) is 2. The van der Waals surface area contributed by atoms with Crippen molar-refractivity contribution in [1.29, 1.82) is 0 Å². The lowest BCUT2D eigenvalue weighted by atomic mass is 9.94. The largest absolute Gasteiger partial charge is 0.334 e. The third-order valence-corrected chi connectivity index (χ3v) is 4.66. The first-order valence-electron chi connectivity index (χ1n) is 6.75. The molecule has 2 aliphatic heterocycles. The van der Waals surface area contributed by atoms with Crippen LogP contribution in [0.3, 0.4) is 0 Å². The van der Waals surface area contributed by atoms with Gasteiger partial charge in [0.2, 0.25) is 5.91 Å². The lowest BCUT2D eigenvalue weighted by Crippen LogP contribution is -2.55. The summed E-state index contributed by atoms with van der Waals surface area (Å²) in [4.78, 5) is 16.6. The summed E-state index contributed by atoms with van der Waals surface area (Å²) in [7, 11) is 2.07. The fraction of sp³-hybridized carbons (Fsp3) is 0.923. The normalized spacial score (nSPS) is 40.4. The minimum atomic E-state index is 0.383. The van der Waals surface area contributed by atoms with E-state index in [0.29, 0.717) is 24.5 Å². The molecule has 3 atom stereocenters. The summed E-state index contributed by atoms with van der Waals surface area (Å²) in [6, 6.07) is 1.12. The molecule has 0 spiro atoms. The number of piperazine rings is 1. The number of hydrogen-bond donors (Lipinski definition) is 0. The summed E-state index contributed by atoms with van der Waals surface area (Å²) in [5, 5.41) is 0. The molecule has 0 bridgehead atoms. The highest BCUT2D eigenvalue weighted by molar-refractivity contribution is 5.80. The van der Waals surface area contributed by atoms with Crippen molar-refractivity contribution in [3.8, 4) is 0 Å². The van der Waals surface area contributed by atoms with E-state index in [4.69, 9.17) is 0 Å². The second-order valence-corrected chi connectivity index (χ2v) is 5.85. The predicted molar refractivity (Wildman–Crippen MR) is 63.1 cm³/mol. The number of nitrogens with zero attached hydrogens (tertiary/aromatic N) is 2. The van der Waals surface area contributed by atoms with E-state index in [2.05, 4.69) is 16.8 Å². The molecule has 0 aromatic heterocycles. The van der Waals surface area contributed by atoms with Crippen LogP contribution in [0.2, 0.25) is 0 Å². The molecular weight excluding hydrogens is 200 g/mol. The molecule has 0 aromatic carbocycles. The maximum atomic E-state index is 12.1. The van der Waals surface area contributed by atoms with Crippen LogP contribution in [0.1, 0.15) is 38.5 Å². The fourth-order valence-corrected chi connectivity index (χ4v) is 4.03. The second-order valence-electron chi connectivity index (χ2n) is 5.85. The Morgan fingerprint density at radius 1 is 1.19 bits per heavy atom. The highest BCUT2D eigenvalue weighted by Gasteiger charge is 2.45. The lowest BCUT2D eigenvalue weighted by molar-refractivity contribution is -0.139. The van der Waals surface area contributed by atoms with Crippen LogP contribution >= 0.6 is 0 Å². The number of rotatable bonds is 0. The van der Waals surface area contributed by atoms with Gasteiger partial charge < -0.3 is 4.90 Å². The molecule has 90 valence electrons. The van der Waals surface area contributed by atoms with Gasteiger partial charge >= 0.3 is 0 Å². The Morgan fingerprint density at radius 2 is 2.00 bits per heavy atom. The molecule has 2 saturated heterocycles. The first-order valence-corrected chi connectivity index (χ1v) is 6.75. The highest BCUT2D eigenvalue weighted by atomic mass is 16.2. The van der Waals surface area contributed by atoms with Crippen LogP contribution in [0.25, 0.3) is 0 Å². The smallest absolute Gasteiger partial charge is 0.237 e. The molecule has 1 amide bonds. The maximum Gasteiger partial charge on any atom is 0.237 e. The summed E-state index contributed by atoms with van der Waals surface area (Å²) in [6.07, 6.45) is 7.96. The Morgan fingerprint density at radius 3 is 2.88 bits per heavy atom. The van der Waals surface area contributed by atoms with Gasteiger partial charge in [0, 0.05) is 18.6 Å². The van der Waals surface area contributed by atoms with Crippen LogP contribution in [0, 0.1) is 5.92 Å². The van der Waals surface area contributed by atoms with Gasteiger partial charge in [0.05, 0.1) is 6.54 Å². The number of carbonyl (C=O) groups excluding carboxylic acids is 1. The molecule has 3 fully saturated rings. The number of carbonyl (C=O) groups is 1. The molecule has 16 heavy (non-hydrogen) atoms. The average Bonchev–Trinajstić information content (AvgIpc) is 2.42. The van der Waals surface area contributed by atoms with Gasteiger partial charge in [-0.15, -0.1) is 0 Å². The third-order valence-electron chi connectivity index (χ3n) is 4.66. The first-order chi connectivity index (χ1) is 7.75. The van der Waals surface area contributed by atoms with Crippen LogP contribution in [0.15, 0.2) is 0 Å². The summed E-state index contributed by atoms with van der Waals surface area (Å²) in [5.41, 5.74) is 0. The molecule has 0 unspecified atom stereocenters. The van der Waals surface area contributed by atoms with Crippen LogP contribution < -0.4 is 0 Å². The minimum Gasteiger partial charge on any atom is -0.334 e. The molecule has 1 aliphatic carbocycles. The topological polar surface area (TPSA) is 23.6 Å². The van der Waals surface area contributed by atoms with Gasteiger partial charge in [0.1, 0.15) is 0 Å². The van der Waals surface area contributed by atoms with Gasteiger partial charge in [-0.05, 0) is 32.2 Å². The van der Waals surface area contributed by atoms with Crippen LogP contribution in [-0.4, -0.2) is 47.9 Å². The third kappa shape index (κ3) is 1.65. The molecule has 0 N–H and O–H groups in total. The quantitative estimate of drug-likeness (QED) is 0.620. The van der Waals surface area contributed by atoms with Crippen LogP contribution in [0.4, 0.5) is 0 Å². The van der Waals surface area contributed by atoms with Gasteiger partial charge in [0.15, 0.2) is 0 Å². The zero-order valence-electron chi connectivity index (χ0n) is 10.2. The van der Waals surface area contributed by atoms with E-state index in [9.17, 15) is 4.79 Å². The molecule has 3 nitrogen and oxygen atoms in total. The van der Waals surface area contributed by atoms with Gasteiger partial charge in [0.25, 0.3) is 0 Å². The monoisotopic (exact) mass is 222 g/mol. The first kappa shape index (κ1) is 10.6. The fourth-order valence-electron chi connectivity index (χ4n) is 4.03. The average molecular weight is 222 g/mol. The molecular formula is C13H22N2O. The summed E-state index contributed by atoms with van der Waals surface area (Å²) in [6.45, 7) is 1.73. The van der Waals surface area contributed by atoms with E-state index in [1.807, 2.05) is 0 Å². The second kappa shape index (κ2) is 4.02. The Kier molecular flexibility index (Phi) is 2.66. The molecule has 1 saturated carbocycles. The van der Waals surface area contributed by atoms with E-state index in [-0.39, 0.29) is 0 Å². The maximum absolute atomic E-state index is 12.1. The van der Waals surface area contributed by atoms with Gasteiger partial charge in [-0.2, -0.15) is 0 Å². The standard InChI is InChI=1S/C13H22N2O/c1-14-8-11-7-10-5-3-2-4-6-12(10)15(11)13(16)9-14/h10-12H,2-9H2,1H3/t10-,11-,12+/m0/s1. The number of amides is 1. The number of fused-ring (bicyclic) bond motifs is 3. The van der Waals surface area contributed by atoms with Crippen molar-refractivity contribution in [2.75, 3.05) is 20.1 Å². The van der Waals surface area contributed by atoms with Gasteiger partial charge in [-0.3, -0.25) is 9.69 Å². The minimum absolute atomic E-state index is 0.383. The van der Waals surface area contributed by atoms with E-state index < -0.39 is 0 Å². The Bertz CT molecular complexity index is 292. The van der Waals surface area contributed by atoms with Crippen molar-refractivity contribution in [3.05, 3.63) is 0 Å². The van der Waals surface area contributed by atoms with Crippen molar-refractivity contribution in [1.82, 2.24) is 9.80 Å². The molecule has 0 radical (unpaired) electrons. The summed E-state index contributed by atoms with van der Waals surface area (Å²) >= 11 is 0. The molecule has 3 heteroatoms. The van der Waals surface area contributed by atoms with Crippen molar-refractivity contribution in [2.45, 2.75) is 50.6 Å². The van der Waals surface area contributed by atoms with Crippen LogP contribution in [-0.2, 0) is 4.79 Å². The van der Waals surface area contributed by atoms with Crippen LogP contribution in [0.5, 0.6) is 0 Å². The lowest BCUT2D eigenvalue weighted by Gasteiger charge is -2.38. The Labute approximate surface area is 97.8 Å². The van der Waals surface area contributed by atoms with E-state index in [1.165, 1.54) is 38.5 Å². The van der Waals surface area contributed by atoms with Crippen molar-refractivity contribution in [3.63, 3.8) is 0 Å². The van der Waals surface area contributed by atoms with E-state index in [0.717, 1.165) is 12.5 Å². The predicted octanol–water partition coefficient (Wildman–Crippen LogP) is 1.48. The highest BCUT2D eigenvalue weighted by Crippen LogP contribution is 2.39.